The summed E-state index contributed by atoms with van der Waals surface area (Å²) in [7, 11) is 1.69. The summed E-state index contributed by atoms with van der Waals surface area (Å²) in [6.07, 6.45) is 0.984. The van der Waals surface area contributed by atoms with Crippen LogP contribution < -0.4 is 15.4 Å². The second-order valence-electron chi connectivity index (χ2n) is 8.27. The van der Waals surface area contributed by atoms with Gasteiger partial charge in [0, 0.05) is 41.3 Å². The Kier molecular flexibility index (Phi) is 5.65. The number of benzene rings is 3. The highest BCUT2D eigenvalue weighted by Gasteiger charge is 2.18. The molecule has 0 saturated carbocycles. The maximum Gasteiger partial charge on any atom is 0.251 e. The first-order valence-corrected chi connectivity index (χ1v) is 11.0. The Morgan fingerprint density at radius 3 is 2.59 bits per heavy atom. The maximum atomic E-state index is 12.5. The van der Waals surface area contributed by atoms with E-state index < -0.39 is 0 Å². The van der Waals surface area contributed by atoms with E-state index in [1.807, 2.05) is 36.4 Å². The van der Waals surface area contributed by atoms with Crippen LogP contribution in [0.3, 0.4) is 0 Å². The lowest BCUT2D eigenvalue weighted by Gasteiger charge is -2.13. The first-order chi connectivity index (χ1) is 15.7. The molecule has 3 aromatic carbocycles. The van der Waals surface area contributed by atoms with E-state index in [-0.39, 0.29) is 11.9 Å². The van der Waals surface area contributed by atoms with Crippen molar-refractivity contribution in [3.05, 3.63) is 90.0 Å². The van der Waals surface area contributed by atoms with Crippen molar-refractivity contribution < 1.29 is 9.53 Å². The third-order valence-electron chi connectivity index (χ3n) is 6.13. The smallest absolute Gasteiger partial charge is 0.251 e. The molecule has 1 fully saturated rings. The Morgan fingerprint density at radius 1 is 1.06 bits per heavy atom. The van der Waals surface area contributed by atoms with Gasteiger partial charge in [0.25, 0.3) is 5.91 Å². The lowest BCUT2D eigenvalue weighted by atomic mass is 10.1. The summed E-state index contributed by atoms with van der Waals surface area (Å²) in [4.78, 5) is 12.5. The Balaban J connectivity index is 1.44. The molecule has 1 aliphatic heterocycles. The van der Waals surface area contributed by atoms with Gasteiger partial charge in [-0.15, -0.1) is 0 Å². The quantitative estimate of drug-likeness (QED) is 0.480. The Bertz CT molecular complexity index is 1220. The van der Waals surface area contributed by atoms with Gasteiger partial charge in [0.15, 0.2) is 0 Å². The highest BCUT2D eigenvalue weighted by atomic mass is 16.5. The average Bonchev–Trinajstić information content (AvgIpc) is 3.47. The molecule has 1 unspecified atom stereocenters. The predicted octanol–water partition coefficient (Wildman–Crippen LogP) is 4.46. The van der Waals surface area contributed by atoms with Gasteiger partial charge in [0.05, 0.1) is 7.11 Å². The zero-order valence-corrected chi connectivity index (χ0v) is 18.2. The molecular weight excluding hydrogens is 398 g/mol. The fraction of sp³-hybridized carbons (Fsp3) is 0.222. The molecular formula is C27H27N3O2. The van der Waals surface area contributed by atoms with Gasteiger partial charge in [0.2, 0.25) is 0 Å². The molecule has 5 nitrogen and oxygen atoms in total. The number of aromatic nitrogens is 1. The van der Waals surface area contributed by atoms with Crippen molar-refractivity contribution in [2.75, 3.05) is 20.2 Å². The molecule has 1 saturated heterocycles. The molecule has 5 rings (SSSR count). The summed E-state index contributed by atoms with van der Waals surface area (Å²) >= 11 is 0. The number of carbonyl (C=O) groups excluding carboxylic acids is 1. The van der Waals surface area contributed by atoms with Gasteiger partial charge in [-0.3, -0.25) is 4.79 Å². The van der Waals surface area contributed by atoms with Crippen molar-refractivity contribution >= 4 is 16.8 Å². The lowest BCUT2D eigenvalue weighted by molar-refractivity contribution is 0.0940. The van der Waals surface area contributed by atoms with Crippen LogP contribution in [0.5, 0.6) is 5.75 Å². The number of nitrogens with zero attached hydrogens (tertiary/aromatic N) is 1. The summed E-state index contributed by atoms with van der Waals surface area (Å²) in [6.45, 7) is 2.52. The van der Waals surface area contributed by atoms with Gasteiger partial charge >= 0.3 is 0 Å². The first-order valence-electron chi connectivity index (χ1n) is 11.0. The van der Waals surface area contributed by atoms with Gasteiger partial charge in [-0.1, -0.05) is 42.5 Å². The molecule has 2 N–H and O–H groups in total. The maximum absolute atomic E-state index is 12.5. The Morgan fingerprint density at radius 2 is 1.88 bits per heavy atom. The molecule has 5 heteroatoms. The van der Waals surface area contributed by atoms with Crippen LogP contribution in [0, 0.1) is 0 Å². The van der Waals surface area contributed by atoms with Crippen LogP contribution in [0.25, 0.3) is 22.2 Å². The van der Waals surface area contributed by atoms with E-state index in [0.717, 1.165) is 47.4 Å². The topological polar surface area (TPSA) is 55.3 Å². The SMILES string of the molecule is COc1ccc2c(c1)cc(-c1ccccc1)n2Cc1ccc(C(=O)NC2CCNC2)cc1. The molecule has 1 amide bonds. The second-order valence-corrected chi connectivity index (χ2v) is 8.27. The monoisotopic (exact) mass is 425 g/mol. The number of amides is 1. The number of hydrogen-bond donors (Lipinski definition) is 2. The molecule has 0 aliphatic carbocycles. The largest absolute Gasteiger partial charge is 0.497 e. The number of nitrogens with one attached hydrogen (secondary N) is 2. The third-order valence-corrected chi connectivity index (χ3v) is 6.13. The van der Waals surface area contributed by atoms with Crippen LogP contribution in [-0.2, 0) is 6.54 Å². The highest BCUT2D eigenvalue weighted by molar-refractivity contribution is 5.94. The summed E-state index contributed by atoms with van der Waals surface area (Å²) in [5.74, 6) is 0.843. The van der Waals surface area contributed by atoms with Gasteiger partial charge in [-0.25, -0.2) is 0 Å². The fourth-order valence-corrected chi connectivity index (χ4v) is 4.39. The average molecular weight is 426 g/mol. The Labute approximate surface area is 188 Å². The number of hydrogen-bond acceptors (Lipinski definition) is 3. The van der Waals surface area contributed by atoms with Crippen molar-refractivity contribution in [1.29, 1.82) is 0 Å². The third kappa shape index (κ3) is 4.12. The fourth-order valence-electron chi connectivity index (χ4n) is 4.39. The van der Waals surface area contributed by atoms with Gasteiger partial charge in [-0.05, 0) is 60.5 Å². The number of fused-ring (bicyclic) bond motifs is 1. The van der Waals surface area contributed by atoms with Crippen LogP contribution in [-0.4, -0.2) is 36.7 Å². The highest BCUT2D eigenvalue weighted by Crippen LogP contribution is 2.31. The van der Waals surface area contributed by atoms with E-state index in [9.17, 15) is 4.79 Å². The lowest BCUT2D eigenvalue weighted by Crippen LogP contribution is -2.36. The minimum absolute atomic E-state index is 0.00580. The number of carbonyl (C=O) groups is 1. The van der Waals surface area contributed by atoms with Gasteiger partial charge < -0.3 is 19.9 Å². The number of methoxy groups -OCH3 is 1. The molecule has 32 heavy (non-hydrogen) atoms. The molecule has 0 bridgehead atoms. The molecule has 4 aromatic rings. The summed E-state index contributed by atoms with van der Waals surface area (Å²) in [5, 5.41) is 7.53. The van der Waals surface area contributed by atoms with Crippen LogP contribution in [0.4, 0.5) is 0 Å². The molecule has 0 spiro atoms. The van der Waals surface area contributed by atoms with Gasteiger partial charge in [0.1, 0.15) is 5.75 Å². The second kappa shape index (κ2) is 8.89. The zero-order valence-electron chi connectivity index (χ0n) is 18.2. The van der Waals surface area contributed by atoms with Crippen molar-refractivity contribution in [1.82, 2.24) is 15.2 Å². The van der Waals surface area contributed by atoms with E-state index >= 15 is 0 Å². The van der Waals surface area contributed by atoms with E-state index in [1.54, 1.807) is 7.11 Å². The van der Waals surface area contributed by atoms with Crippen LogP contribution >= 0.6 is 0 Å². The predicted molar refractivity (Wildman–Crippen MR) is 128 cm³/mol. The van der Waals surface area contributed by atoms with Crippen LogP contribution in [0.2, 0.25) is 0 Å². The van der Waals surface area contributed by atoms with E-state index in [1.165, 1.54) is 5.56 Å². The number of rotatable bonds is 6. The standard InChI is InChI=1S/C27H27N3O2/c1-32-24-11-12-25-22(15-24)16-26(20-5-3-2-4-6-20)30(25)18-19-7-9-21(10-8-19)27(31)29-23-13-14-28-17-23/h2-12,15-16,23,28H,13-14,17-18H2,1H3,(H,29,31). The van der Waals surface area contributed by atoms with E-state index in [0.29, 0.717) is 12.1 Å². The minimum atomic E-state index is -0.00580. The summed E-state index contributed by atoms with van der Waals surface area (Å²) in [5.41, 5.74) is 5.33. The van der Waals surface area contributed by atoms with E-state index in [4.69, 9.17) is 4.74 Å². The minimum Gasteiger partial charge on any atom is -0.497 e. The summed E-state index contributed by atoms with van der Waals surface area (Å²) in [6, 6.07) is 27.0. The van der Waals surface area contributed by atoms with Crippen LogP contribution in [0.1, 0.15) is 22.3 Å². The number of ether oxygens (including phenoxy) is 1. The molecule has 1 atom stereocenters. The van der Waals surface area contributed by atoms with Crippen molar-refractivity contribution in [3.63, 3.8) is 0 Å². The van der Waals surface area contributed by atoms with Crippen LogP contribution in [0.15, 0.2) is 78.9 Å². The molecule has 1 aliphatic rings. The Hall–Kier alpha value is -3.57. The first kappa shape index (κ1) is 20.3. The normalized spacial score (nSPS) is 15.7. The van der Waals surface area contributed by atoms with Crippen molar-refractivity contribution in [2.45, 2.75) is 19.0 Å². The van der Waals surface area contributed by atoms with Crippen molar-refractivity contribution in [2.24, 2.45) is 0 Å². The molecule has 162 valence electrons. The summed E-state index contributed by atoms with van der Waals surface area (Å²) < 4.78 is 7.75. The van der Waals surface area contributed by atoms with Gasteiger partial charge in [-0.2, -0.15) is 0 Å². The zero-order chi connectivity index (χ0) is 21.9. The molecule has 2 heterocycles. The molecule has 0 radical (unpaired) electrons. The van der Waals surface area contributed by atoms with E-state index in [2.05, 4.69) is 57.7 Å². The molecule has 1 aromatic heterocycles. The van der Waals surface area contributed by atoms with Crippen molar-refractivity contribution in [3.8, 4) is 17.0 Å².